The number of rotatable bonds is 3. The van der Waals surface area contributed by atoms with Crippen LogP contribution in [0, 0.1) is 0 Å². The summed E-state index contributed by atoms with van der Waals surface area (Å²) in [5.41, 5.74) is 0. The van der Waals surface area contributed by atoms with Crippen molar-refractivity contribution in [2.45, 2.75) is 5.38 Å². The van der Waals surface area contributed by atoms with E-state index in [4.69, 9.17) is 21.8 Å². The van der Waals surface area contributed by atoms with Crippen LogP contribution in [0.5, 0.6) is 0 Å². The van der Waals surface area contributed by atoms with Gasteiger partial charge in [0.25, 0.3) is 0 Å². The Morgan fingerprint density at radius 3 is 2.18 bits per heavy atom. The zero-order valence-corrected chi connectivity index (χ0v) is 8.58. The van der Waals surface area contributed by atoms with Crippen LogP contribution in [0.4, 0.5) is 0 Å². The fraction of sp³-hybridized carbons (Fsp3) is 0.200. The van der Waals surface area contributed by atoms with Gasteiger partial charge in [0.05, 0.1) is 0 Å². The molecule has 0 fully saturated rings. The average Bonchev–Trinajstić information content (AvgIpc) is 1.82. The normalized spacial score (nSPS) is 12.1. The molecule has 0 saturated heterocycles. The molecule has 4 nitrogen and oxygen atoms in total. The third-order valence-corrected chi connectivity index (χ3v) is 0.976. The van der Waals surface area contributed by atoms with Crippen LogP contribution in [0.25, 0.3) is 0 Å². The predicted octanol–water partition coefficient (Wildman–Crippen LogP) is -2.56. The molecule has 1 atom stereocenters. The van der Waals surface area contributed by atoms with E-state index in [1.54, 1.807) is 0 Å². The molecule has 0 saturated carbocycles. The van der Waals surface area contributed by atoms with Gasteiger partial charge < -0.3 is 11.6 Å². The standard InChI is InChI=1S/C5H5ClO4.Na.H/c6-3(5(9)10)1-2-4(7)8;;/h1-3H,(H,7,8)(H,9,10);;/q;+1;-1. The van der Waals surface area contributed by atoms with Crippen LogP contribution < -0.4 is 29.6 Å². The molecule has 1 unspecified atom stereocenters. The second-order valence-corrected chi connectivity index (χ2v) is 1.91. The number of halogens is 1. The Morgan fingerprint density at radius 1 is 1.45 bits per heavy atom. The fourth-order valence-corrected chi connectivity index (χ4v) is 0.322. The van der Waals surface area contributed by atoms with Crippen molar-refractivity contribution in [1.82, 2.24) is 0 Å². The minimum atomic E-state index is -1.27. The maximum Gasteiger partial charge on any atom is 1.00 e. The van der Waals surface area contributed by atoms with Gasteiger partial charge in [-0.1, -0.05) is 0 Å². The third kappa shape index (κ3) is 7.87. The fourth-order valence-electron chi connectivity index (χ4n) is 0.249. The number of carbonyl (C=O) groups is 2. The minimum Gasteiger partial charge on any atom is -1.00 e. The molecule has 0 aromatic heterocycles. The van der Waals surface area contributed by atoms with Crippen LogP contribution in [0.3, 0.4) is 0 Å². The van der Waals surface area contributed by atoms with Gasteiger partial charge in [-0.2, -0.15) is 0 Å². The van der Waals surface area contributed by atoms with Crippen LogP contribution in [0.1, 0.15) is 1.43 Å². The summed E-state index contributed by atoms with van der Waals surface area (Å²) in [7, 11) is 0. The largest absolute Gasteiger partial charge is 1.00 e. The molecule has 0 aliphatic heterocycles. The molecular weight excluding hydrogens is 182 g/mol. The van der Waals surface area contributed by atoms with Crippen LogP contribution in [-0.4, -0.2) is 27.5 Å². The number of carboxylic acids is 2. The summed E-state index contributed by atoms with van der Waals surface area (Å²) in [6.07, 6.45) is 1.57. The van der Waals surface area contributed by atoms with Crippen molar-refractivity contribution in [1.29, 1.82) is 0 Å². The van der Waals surface area contributed by atoms with Crippen LogP contribution >= 0.6 is 11.6 Å². The molecule has 0 heterocycles. The third-order valence-electron chi connectivity index (χ3n) is 0.644. The van der Waals surface area contributed by atoms with Crippen molar-refractivity contribution in [3.63, 3.8) is 0 Å². The molecule has 0 bridgehead atoms. The van der Waals surface area contributed by atoms with E-state index >= 15 is 0 Å². The number of hydrogen-bond acceptors (Lipinski definition) is 2. The molecule has 58 valence electrons. The topological polar surface area (TPSA) is 74.6 Å². The number of alkyl halides is 1. The summed E-state index contributed by atoms with van der Waals surface area (Å²) >= 11 is 5.11. The quantitative estimate of drug-likeness (QED) is 0.290. The molecule has 0 spiro atoms. The smallest absolute Gasteiger partial charge is 1.00 e. The first-order valence-corrected chi connectivity index (χ1v) is 2.75. The SMILES string of the molecule is O=C(O)C=CC(Cl)C(=O)O.[H-].[Na+]. The monoisotopic (exact) mass is 188 g/mol. The first-order valence-electron chi connectivity index (χ1n) is 2.32. The first kappa shape index (κ1) is 13.6. The van der Waals surface area contributed by atoms with Crippen molar-refractivity contribution in [3.05, 3.63) is 12.2 Å². The van der Waals surface area contributed by atoms with Gasteiger partial charge in [0.2, 0.25) is 0 Å². The minimum absolute atomic E-state index is 0. The summed E-state index contributed by atoms with van der Waals surface area (Å²) in [4.78, 5) is 19.7. The van der Waals surface area contributed by atoms with Gasteiger partial charge in [0.15, 0.2) is 0 Å². The maximum atomic E-state index is 9.94. The van der Waals surface area contributed by atoms with E-state index in [0.717, 1.165) is 6.08 Å². The van der Waals surface area contributed by atoms with E-state index in [-0.39, 0.29) is 31.0 Å². The summed E-state index contributed by atoms with van der Waals surface area (Å²) in [5.74, 6) is -2.48. The van der Waals surface area contributed by atoms with Crippen molar-refractivity contribution in [3.8, 4) is 0 Å². The summed E-state index contributed by atoms with van der Waals surface area (Å²) in [6, 6.07) is 0. The van der Waals surface area contributed by atoms with Gasteiger partial charge in [-0.05, 0) is 6.08 Å². The second-order valence-electron chi connectivity index (χ2n) is 1.44. The van der Waals surface area contributed by atoms with E-state index in [0.29, 0.717) is 6.08 Å². The Balaban J connectivity index is -0.000000405. The Kier molecular flexibility index (Phi) is 8.21. The van der Waals surface area contributed by atoms with E-state index < -0.39 is 17.3 Å². The molecule has 11 heavy (non-hydrogen) atoms. The van der Waals surface area contributed by atoms with Crippen molar-refractivity contribution < 1.29 is 50.8 Å². The summed E-state index contributed by atoms with van der Waals surface area (Å²) in [5, 5.41) is 14.9. The van der Waals surface area contributed by atoms with Gasteiger partial charge in [-0.3, -0.25) is 4.79 Å². The Bertz CT molecular complexity index is 184. The zero-order valence-electron chi connectivity index (χ0n) is 6.82. The molecule has 0 radical (unpaired) electrons. The van der Waals surface area contributed by atoms with Gasteiger partial charge in [-0.15, -0.1) is 11.6 Å². The predicted molar refractivity (Wildman–Crippen MR) is 35.2 cm³/mol. The average molecular weight is 189 g/mol. The van der Waals surface area contributed by atoms with E-state index in [2.05, 4.69) is 0 Å². The van der Waals surface area contributed by atoms with Gasteiger partial charge in [-0.25, -0.2) is 4.79 Å². The van der Waals surface area contributed by atoms with E-state index in [9.17, 15) is 9.59 Å². The zero-order chi connectivity index (χ0) is 8.15. The van der Waals surface area contributed by atoms with E-state index in [1.165, 1.54) is 0 Å². The molecule has 6 heteroatoms. The molecule has 0 rings (SSSR count). The molecule has 2 N–H and O–H groups in total. The molecular formula is C5H6ClNaO4. The van der Waals surface area contributed by atoms with Crippen LogP contribution in [0.2, 0.25) is 0 Å². The first-order chi connectivity index (χ1) is 4.54. The van der Waals surface area contributed by atoms with E-state index in [1.807, 2.05) is 0 Å². The summed E-state index contributed by atoms with van der Waals surface area (Å²) < 4.78 is 0. The Hall–Kier alpha value is -0.0300. The summed E-state index contributed by atoms with van der Waals surface area (Å²) in [6.45, 7) is 0. The number of aliphatic carboxylic acids is 2. The van der Waals surface area contributed by atoms with Gasteiger partial charge >= 0.3 is 41.5 Å². The van der Waals surface area contributed by atoms with Gasteiger partial charge in [0, 0.05) is 6.08 Å². The number of carboxylic acid groups (broad SMARTS) is 2. The van der Waals surface area contributed by atoms with Crippen LogP contribution in [0.15, 0.2) is 12.2 Å². The van der Waals surface area contributed by atoms with Crippen molar-refractivity contribution in [2.24, 2.45) is 0 Å². The van der Waals surface area contributed by atoms with Gasteiger partial charge in [0.1, 0.15) is 5.38 Å². The molecule has 0 aromatic rings. The van der Waals surface area contributed by atoms with Crippen molar-refractivity contribution in [2.75, 3.05) is 0 Å². The van der Waals surface area contributed by atoms with Crippen LogP contribution in [-0.2, 0) is 9.59 Å². The molecule has 0 amide bonds. The Morgan fingerprint density at radius 2 is 1.91 bits per heavy atom. The molecule has 0 aliphatic rings. The Labute approximate surface area is 91.6 Å². The number of hydrogen-bond donors (Lipinski definition) is 2. The second kappa shape index (κ2) is 6.67. The molecule has 0 aliphatic carbocycles. The maximum absolute atomic E-state index is 9.94. The van der Waals surface area contributed by atoms with Crippen molar-refractivity contribution >= 4 is 23.5 Å². The molecule has 0 aromatic carbocycles.